The summed E-state index contributed by atoms with van der Waals surface area (Å²) in [6.45, 7) is 0.375. The normalized spacial score (nSPS) is 9.69. The van der Waals surface area contributed by atoms with Crippen molar-refractivity contribution in [2.45, 2.75) is 6.54 Å². The summed E-state index contributed by atoms with van der Waals surface area (Å²) >= 11 is 5.81. The summed E-state index contributed by atoms with van der Waals surface area (Å²) < 4.78 is 0. The number of rotatable bonds is 3. The Morgan fingerprint density at radius 2 is 2.46 bits per heavy atom. The van der Waals surface area contributed by atoms with Gasteiger partial charge >= 0.3 is 0 Å². The first-order valence-electron chi connectivity index (χ1n) is 3.79. The van der Waals surface area contributed by atoms with Crippen LogP contribution in [0.4, 0.5) is 0 Å². The Labute approximate surface area is 81.1 Å². The second-order valence-corrected chi connectivity index (χ2v) is 2.86. The largest absolute Gasteiger partial charge is 0.351 e. The topological polar surface area (TPSA) is 68.0 Å². The Hall–Kier alpha value is -1.13. The quantitative estimate of drug-likeness (QED) is 0.736. The minimum absolute atomic E-state index is 0.0112. The van der Waals surface area contributed by atoms with Gasteiger partial charge in [0.05, 0.1) is 11.6 Å². The minimum Gasteiger partial charge on any atom is -0.351 e. The Kier molecular flexibility index (Phi) is 3.67. The number of carbonyl (C=O) groups excluding carboxylic acids is 1. The molecule has 1 aromatic rings. The number of nitrogens with two attached hydrogens (primary N) is 1. The van der Waals surface area contributed by atoms with Gasteiger partial charge in [-0.3, -0.25) is 9.78 Å². The van der Waals surface area contributed by atoms with Gasteiger partial charge in [0.15, 0.2) is 0 Å². The number of nitrogens with zero attached hydrogens (tertiary/aromatic N) is 1. The molecule has 3 N–H and O–H groups in total. The highest BCUT2D eigenvalue weighted by Crippen LogP contribution is 2.12. The fourth-order valence-electron chi connectivity index (χ4n) is 0.813. The maximum atomic E-state index is 10.8. The minimum atomic E-state index is -0.201. The van der Waals surface area contributed by atoms with E-state index in [4.69, 9.17) is 17.3 Å². The van der Waals surface area contributed by atoms with Crippen molar-refractivity contribution >= 4 is 17.5 Å². The molecule has 1 rings (SSSR count). The number of pyridine rings is 1. The molecule has 0 aromatic carbocycles. The smallest absolute Gasteiger partial charge is 0.234 e. The third-order valence-electron chi connectivity index (χ3n) is 1.52. The lowest BCUT2D eigenvalue weighted by molar-refractivity contribution is -0.119. The maximum Gasteiger partial charge on any atom is 0.234 e. The molecular weight excluding hydrogens is 190 g/mol. The molecule has 13 heavy (non-hydrogen) atoms. The Morgan fingerprint density at radius 3 is 3.08 bits per heavy atom. The predicted molar refractivity (Wildman–Crippen MR) is 50.1 cm³/mol. The van der Waals surface area contributed by atoms with Crippen LogP contribution in [0.3, 0.4) is 0 Å². The van der Waals surface area contributed by atoms with E-state index < -0.39 is 0 Å². The molecule has 1 heterocycles. The average molecular weight is 200 g/mol. The highest BCUT2D eigenvalue weighted by molar-refractivity contribution is 6.31. The summed E-state index contributed by atoms with van der Waals surface area (Å²) in [4.78, 5) is 14.6. The van der Waals surface area contributed by atoms with Gasteiger partial charge in [0.25, 0.3) is 0 Å². The number of hydrogen-bond donors (Lipinski definition) is 2. The number of hydrogen-bond acceptors (Lipinski definition) is 3. The first-order chi connectivity index (χ1) is 6.24. The van der Waals surface area contributed by atoms with Crippen molar-refractivity contribution in [1.29, 1.82) is 0 Å². The lowest BCUT2D eigenvalue weighted by Crippen LogP contribution is -2.29. The lowest BCUT2D eigenvalue weighted by atomic mass is 10.2. The number of carbonyl (C=O) groups is 1. The van der Waals surface area contributed by atoms with Crippen molar-refractivity contribution < 1.29 is 4.79 Å². The zero-order valence-corrected chi connectivity index (χ0v) is 7.71. The van der Waals surface area contributed by atoms with E-state index in [2.05, 4.69) is 10.3 Å². The van der Waals surface area contributed by atoms with Crippen molar-refractivity contribution in [2.75, 3.05) is 6.54 Å². The highest BCUT2D eigenvalue weighted by atomic mass is 35.5. The van der Waals surface area contributed by atoms with Crippen molar-refractivity contribution in [1.82, 2.24) is 10.3 Å². The molecular formula is C8H10ClN3O. The summed E-state index contributed by atoms with van der Waals surface area (Å²) in [6, 6.07) is 1.75. The SMILES string of the molecule is NCC(=O)NCc1ccncc1Cl. The first kappa shape index (κ1) is 9.95. The molecule has 0 bridgehead atoms. The van der Waals surface area contributed by atoms with E-state index >= 15 is 0 Å². The third-order valence-corrected chi connectivity index (χ3v) is 1.86. The predicted octanol–water partition coefficient (Wildman–Crippen LogP) is 0.310. The summed E-state index contributed by atoms with van der Waals surface area (Å²) in [6.07, 6.45) is 3.15. The Bertz CT molecular complexity index is 303. The molecule has 5 heteroatoms. The number of nitrogens with one attached hydrogen (secondary N) is 1. The van der Waals surface area contributed by atoms with Crippen LogP contribution in [0.25, 0.3) is 0 Å². The molecule has 0 saturated heterocycles. The van der Waals surface area contributed by atoms with E-state index in [0.29, 0.717) is 11.6 Å². The average Bonchev–Trinajstić information content (AvgIpc) is 2.16. The Balaban J connectivity index is 2.54. The zero-order valence-electron chi connectivity index (χ0n) is 6.96. The summed E-state index contributed by atoms with van der Waals surface area (Å²) in [7, 11) is 0. The van der Waals surface area contributed by atoms with Crippen molar-refractivity contribution in [3.8, 4) is 0 Å². The molecule has 4 nitrogen and oxygen atoms in total. The van der Waals surface area contributed by atoms with Gasteiger partial charge in [-0.05, 0) is 11.6 Å². The molecule has 0 saturated carbocycles. The monoisotopic (exact) mass is 199 g/mol. The van der Waals surface area contributed by atoms with Crippen LogP contribution in [-0.2, 0) is 11.3 Å². The van der Waals surface area contributed by atoms with Crippen LogP contribution in [0.15, 0.2) is 18.5 Å². The second-order valence-electron chi connectivity index (χ2n) is 2.45. The van der Waals surface area contributed by atoms with Crippen LogP contribution < -0.4 is 11.1 Å². The molecule has 0 fully saturated rings. The van der Waals surface area contributed by atoms with E-state index in [1.807, 2.05) is 0 Å². The number of amides is 1. The van der Waals surface area contributed by atoms with Crippen LogP contribution in [0, 0.1) is 0 Å². The molecule has 0 aliphatic heterocycles. The van der Waals surface area contributed by atoms with Crippen molar-refractivity contribution in [3.63, 3.8) is 0 Å². The van der Waals surface area contributed by atoms with Crippen molar-refractivity contribution in [2.24, 2.45) is 5.73 Å². The van der Waals surface area contributed by atoms with Gasteiger partial charge in [-0.2, -0.15) is 0 Å². The van der Waals surface area contributed by atoms with Crippen LogP contribution in [0.2, 0.25) is 5.02 Å². The molecule has 0 aliphatic rings. The van der Waals surface area contributed by atoms with E-state index in [9.17, 15) is 4.79 Å². The van der Waals surface area contributed by atoms with E-state index in [-0.39, 0.29) is 12.5 Å². The van der Waals surface area contributed by atoms with Crippen LogP contribution in [-0.4, -0.2) is 17.4 Å². The first-order valence-corrected chi connectivity index (χ1v) is 4.17. The number of aromatic nitrogens is 1. The number of halogens is 1. The van der Waals surface area contributed by atoms with Gasteiger partial charge in [-0.15, -0.1) is 0 Å². The molecule has 1 aromatic heterocycles. The van der Waals surface area contributed by atoms with Gasteiger partial charge in [0.2, 0.25) is 5.91 Å². The van der Waals surface area contributed by atoms with Gasteiger partial charge < -0.3 is 11.1 Å². The highest BCUT2D eigenvalue weighted by Gasteiger charge is 2.01. The molecule has 0 atom stereocenters. The molecule has 0 spiro atoms. The van der Waals surface area contributed by atoms with Gasteiger partial charge in [0.1, 0.15) is 0 Å². The maximum absolute atomic E-state index is 10.8. The lowest BCUT2D eigenvalue weighted by Gasteiger charge is -2.04. The fourth-order valence-corrected chi connectivity index (χ4v) is 0.999. The second kappa shape index (κ2) is 4.79. The van der Waals surface area contributed by atoms with E-state index in [1.165, 1.54) is 6.20 Å². The standard InChI is InChI=1S/C8H10ClN3O/c9-7-5-11-2-1-6(7)4-12-8(13)3-10/h1-2,5H,3-4,10H2,(H,12,13). The fraction of sp³-hybridized carbons (Fsp3) is 0.250. The van der Waals surface area contributed by atoms with Gasteiger partial charge in [0, 0.05) is 18.9 Å². The molecule has 0 radical (unpaired) electrons. The van der Waals surface area contributed by atoms with Crippen LogP contribution in [0.5, 0.6) is 0 Å². The van der Waals surface area contributed by atoms with Crippen molar-refractivity contribution in [3.05, 3.63) is 29.0 Å². The summed E-state index contributed by atoms with van der Waals surface area (Å²) in [5.41, 5.74) is 5.95. The van der Waals surface area contributed by atoms with E-state index in [0.717, 1.165) is 5.56 Å². The molecule has 0 aliphatic carbocycles. The molecule has 0 unspecified atom stereocenters. The summed E-state index contributed by atoms with van der Waals surface area (Å²) in [5.74, 6) is -0.201. The van der Waals surface area contributed by atoms with Crippen LogP contribution >= 0.6 is 11.6 Å². The van der Waals surface area contributed by atoms with Gasteiger partial charge in [-0.1, -0.05) is 11.6 Å². The zero-order chi connectivity index (χ0) is 9.68. The summed E-state index contributed by atoms with van der Waals surface area (Å²) in [5, 5.41) is 3.15. The molecule has 70 valence electrons. The van der Waals surface area contributed by atoms with E-state index in [1.54, 1.807) is 12.3 Å². The van der Waals surface area contributed by atoms with Crippen LogP contribution in [0.1, 0.15) is 5.56 Å². The molecule has 1 amide bonds. The Morgan fingerprint density at radius 1 is 1.69 bits per heavy atom. The van der Waals surface area contributed by atoms with Gasteiger partial charge in [-0.25, -0.2) is 0 Å². The third kappa shape index (κ3) is 3.01.